The predicted octanol–water partition coefficient (Wildman–Crippen LogP) is 1.60. The van der Waals surface area contributed by atoms with E-state index < -0.39 is 0 Å². The van der Waals surface area contributed by atoms with Crippen LogP contribution in [0.3, 0.4) is 0 Å². The molecule has 0 atom stereocenters. The van der Waals surface area contributed by atoms with Crippen LogP contribution in [0.2, 0.25) is 0 Å². The van der Waals surface area contributed by atoms with Gasteiger partial charge in [0.2, 0.25) is 0 Å². The van der Waals surface area contributed by atoms with E-state index in [-0.39, 0.29) is 213 Å². The molecule has 0 amide bonds. The van der Waals surface area contributed by atoms with Gasteiger partial charge < -0.3 is 61.5 Å². The topological polar surface area (TPSA) is 350 Å². The van der Waals surface area contributed by atoms with Crippen molar-refractivity contribution in [3.63, 3.8) is 0 Å². The van der Waals surface area contributed by atoms with Crippen LogP contribution in [0.25, 0.3) is 0 Å². The van der Waals surface area contributed by atoms with E-state index in [0.717, 1.165) is 0 Å². The molecular formula is H30CuN10Ta6. The van der Waals surface area contributed by atoms with Crippen LogP contribution in [0.15, 0.2) is 0 Å². The van der Waals surface area contributed by atoms with E-state index in [4.69, 9.17) is 0 Å². The second-order valence-electron chi connectivity index (χ2n) is 0. The molecule has 0 aliphatic carbocycles. The molecule has 0 bridgehead atoms. The van der Waals surface area contributed by atoms with Crippen LogP contribution in [0.1, 0.15) is 0 Å². The van der Waals surface area contributed by atoms with E-state index in [0.29, 0.717) is 0 Å². The molecule has 10 nitrogen and oxygen atoms in total. The van der Waals surface area contributed by atoms with Gasteiger partial charge in [-0.2, -0.15) is 0 Å². The van der Waals surface area contributed by atoms with Gasteiger partial charge >= 0.3 is 0 Å². The van der Waals surface area contributed by atoms with Crippen molar-refractivity contribution in [1.29, 1.82) is 0 Å². The molecule has 0 rings (SSSR count). The summed E-state index contributed by atoms with van der Waals surface area (Å²) in [7, 11) is 0. The van der Waals surface area contributed by atoms with Crippen molar-refractivity contribution in [2.45, 2.75) is 0 Å². The smallest absolute Gasteiger partial charge is 0 e. The zero-order chi connectivity index (χ0) is 0. The largest absolute Gasteiger partial charge is 0.344 e. The van der Waals surface area contributed by atoms with Crippen LogP contribution >= 0.6 is 0 Å². The Hall–Kier alpha value is 4.56. The molecule has 0 aromatic carbocycles. The standard InChI is InChI=1S/Cu.10H3N.6Ta/h;10*1H3;;;;;;. The fraction of sp³-hybridized carbons (Fsp3) is 0. The fourth-order valence-electron chi connectivity index (χ4n) is 0. The van der Waals surface area contributed by atoms with E-state index in [2.05, 4.69) is 0 Å². The molecule has 17 heteroatoms. The fourth-order valence-corrected chi connectivity index (χ4v) is 0. The van der Waals surface area contributed by atoms with Crippen molar-refractivity contribution in [1.82, 2.24) is 61.5 Å². The molecule has 0 saturated heterocycles. The Morgan fingerprint density at radius 1 is 0.176 bits per heavy atom. The molecule has 0 aliphatic rings. The first-order valence-corrected chi connectivity index (χ1v) is 0. The molecule has 0 saturated carbocycles. The summed E-state index contributed by atoms with van der Waals surface area (Å²) in [5.74, 6) is 0. The first kappa shape index (κ1) is 438. The predicted molar refractivity (Wildman–Crippen MR) is 50.2 cm³/mol. The number of hydrogen-bond acceptors (Lipinski definition) is 10. The summed E-state index contributed by atoms with van der Waals surface area (Å²) in [6, 6.07) is 0. The third-order valence-corrected chi connectivity index (χ3v) is 0. The second kappa shape index (κ2) is 378. The van der Waals surface area contributed by atoms with Gasteiger partial charge in [-0.05, 0) is 0 Å². The summed E-state index contributed by atoms with van der Waals surface area (Å²) in [6.45, 7) is 0. The maximum atomic E-state index is 0. The van der Waals surface area contributed by atoms with E-state index >= 15 is 0 Å². The minimum atomic E-state index is 0. The van der Waals surface area contributed by atoms with E-state index in [1.54, 1.807) is 0 Å². The minimum Gasteiger partial charge on any atom is -0.344 e. The molecule has 0 fully saturated rings. The average molecular weight is 1320 g/mol. The zero-order valence-electron chi connectivity index (χ0n) is 10.1. The van der Waals surface area contributed by atoms with Gasteiger partial charge in [-0.15, -0.1) is 0 Å². The summed E-state index contributed by atoms with van der Waals surface area (Å²) < 4.78 is 0. The van der Waals surface area contributed by atoms with Gasteiger partial charge in [-0.1, -0.05) is 0 Å². The molecule has 0 spiro atoms. The van der Waals surface area contributed by atoms with Crippen LogP contribution in [0.5, 0.6) is 0 Å². The zero-order valence-corrected chi connectivity index (χ0v) is 30.3. The molecule has 7 radical (unpaired) electrons. The maximum absolute atomic E-state index is 0. The molecule has 121 valence electrons. The van der Waals surface area contributed by atoms with E-state index in [9.17, 15) is 0 Å². The Kier molecular flexibility index (Phi) is 9750. The molecule has 0 aromatic heterocycles. The van der Waals surface area contributed by atoms with Gasteiger partial charge in [0.1, 0.15) is 0 Å². The molecule has 0 unspecified atom stereocenters. The van der Waals surface area contributed by atoms with Crippen molar-refractivity contribution >= 4 is 0 Å². The Labute approximate surface area is 209 Å². The molecule has 0 aromatic rings. The van der Waals surface area contributed by atoms with Gasteiger partial charge in [-0.3, -0.25) is 0 Å². The molecule has 0 aliphatic heterocycles. The minimum absolute atomic E-state index is 0. The molecule has 0 heterocycles. The summed E-state index contributed by atoms with van der Waals surface area (Å²) in [4.78, 5) is 0. The van der Waals surface area contributed by atoms with Crippen LogP contribution in [-0.4, -0.2) is 0 Å². The quantitative estimate of drug-likeness (QED) is 0.156. The van der Waals surface area contributed by atoms with Gasteiger partial charge in [0, 0.05) is 151 Å². The Balaban J connectivity index is 0. The van der Waals surface area contributed by atoms with Gasteiger partial charge in [-0.25, -0.2) is 0 Å². The van der Waals surface area contributed by atoms with Crippen molar-refractivity contribution in [2.75, 3.05) is 0 Å². The maximum Gasteiger partial charge on any atom is 0 e. The van der Waals surface area contributed by atoms with E-state index in [1.165, 1.54) is 0 Å². The Bertz CT molecular complexity index is 20.8. The summed E-state index contributed by atoms with van der Waals surface area (Å²) in [5.41, 5.74) is 0. The molecular weight excluding hydrogens is 1290 g/mol. The first-order chi connectivity index (χ1) is 0. The third kappa shape index (κ3) is 341. The second-order valence-corrected chi connectivity index (χ2v) is 0. The normalized spacial score (nSPS) is 0. The SMILES string of the molecule is N.N.N.N.N.N.N.N.N.N.[Cu].[Ta].[Ta].[Ta].[Ta].[Ta].[Ta]. The third-order valence-electron chi connectivity index (χ3n) is 0. The van der Waals surface area contributed by atoms with Crippen molar-refractivity contribution in [3.05, 3.63) is 0 Å². The number of hydrogen-bond donors (Lipinski definition) is 10. The van der Waals surface area contributed by atoms with E-state index in [1.807, 2.05) is 0 Å². The average Bonchev–Trinajstić information content (AvgIpc) is 0. The molecule has 17 heavy (non-hydrogen) atoms. The summed E-state index contributed by atoms with van der Waals surface area (Å²) in [5, 5.41) is 0. The van der Waals surface area contributed by atoms with Crippen molar-refractivity contribution in [2.24, 2.45) is 0 Å². The van der Waals surface area contributed by atoms with Gasteiger partial charge in [0.15, 0.2) is 0 Å². The first-order valence-electron chi connectivity index (χ1n) is 0. The number of rotatable bonds is 0. The Morgan fingerprint density at radius 3 is 0.176 bits per heavy atom. The molecule has 30 N–H and O–H groups in total. The van der Waals surface area contributed by atoms with Gasteiger partial charge in [0.05, 0.1) is 0 Å². The summed E-state index contributed by atoms with van der Waals surface area (Å²) >= 11 is 0. The Morgan fingerprint density at radius 2 is 0.176 bits per heavy atom. The van der Waals surface area contributed by atoms with Crippen molar-refractivity contribution < 1.29 is 151 Å². The van der Waals surface area contributed by atoms with Gasteiger partial charge in [0.25, 0.3) is 0 Å². The summed E-state index contributed by atoms with van der Waals surface area (Å²) in [6.07, 6.45) is 0. The van der Waals surface area contributed by atoms with Crippen LogP contribution < -0.4 is 61.5 Å². The van der Waals surface area contributed by atoms with Crippen LogP contribution in [0.4, 0.5) is 0 Å². The van der Waals surface area contributed by atoms with Crippen molar-refractivity contribution in [3.8, 4) is 0 Å². The van der Waals surface area contributed by atoms with Crippen LogP contribution in [0, 0.1) is 0 Å². The van der Waals surface area contributed by atoms with Crippen LogP contribution in [-0.2, 0) is 151 Å². The monoisotopic (exact) mass is 1320 g/mol.